The molecule has 0 aliphatic rings. The van der Waals surface area contributed by atoms with Crippen LogP contribution in [0.4, 0.5) is 0 Å². The van der Waals surface area contributed by atoms with Crippen molar-refractivity contribution in [2.75, 3.05) is 0 Å². The Hall–Kier alpha value is -1.55. The molecular weight excluding hydrogens is 327 g/mol. The summed E-state index contributed by atoms with van der Waals surface area (Å²) in [7, 11) is 0. The van der Waals surface area contributed by atoms with E-state index in [1.165, 1.54) is 11.3 Å². The highest BCUT2D eigenvalue weighted by Gasteiger charge is 2.19. The second kappa shape index (κ2) is 5.68. The van der Waals surface area contributed by atoms with Crippen LogP contribution in [0.1, 0.15) is 15.2 Å². The van der Waals surface area contributed by atoms with E-state index >= 15 is 0 Å². The van der Waals surface area contributed by atoms with Gasteiger partial charge in [0, 0.05) is 15.1 Å². The molecule has 0 unspecified atom stereocenters. The summed E-state index contributed by atoms with van der Waals surface area (Å²) in [6, 6.07) is 12.7. The van der Waals surface area contributed by atoms with Crippen molar-refractivity contribution in [1.29, 1.82) is 0 Å². The third-order valence-electron chi connectivity index (χ3n) is 3.06. The Labute approximate surface area is 135 Å². The lowest BCUT2D eigenvalue weighted by Crippen LogP contribution is -2.07. The first-order valence-electron chi connectivity index (χ1n) is 6.21. The largest absolute Gasteiger partial charge is 0.422 e. The van der Waals surface area contributed by atoms with Crippen molar-refractivity contribution < 1.29 is 9.53 Å². The molecule has 1 heterocycles. The van der Waals surface area contributed by atoms with E-state index in [1.54, 1.807) is 18.2 Å². The van der Waals surface area contributed by atoms with E-state index in [2.05, 4.69) is 0 Å². The first kappa shape index (κ1) is 14.4. The van der Waals surface area contributed by atoms with Gasteiger partial charge in [0.15, 0.2) is 0 Å². The highest BCUT2D eigenvalue weighted by molar-refractivity contribution is 7.21. The van der Waals surface area contributed by atoms with Crippen molar-refractivity contribution in [1.82, 2.24) is 0 Å². The lowest BCUT2D eigenvalue weighted by Gasteiger charge is -2.06. The molecule has 2 aromatic carbocycles. The van der Waals surface area contributed by atoms with Gasteiger partial charge in [0.05, 0.1) is 5.02 Å². The molecule has 1 aromatic heterocycles. The van der Waals surface area contributed by atoms with Crippen LogP contribution in [0.15, 0.2) is 42.5 Å². The second-order valence-electron chi connectivity index (χ2n) is 4.54. The maximum absolute atomic E-state index is 12.3. The molecule has 0 atom stereocenters. The van der Waals surface area contributed by atoms with Crippen LogP contribution in [0, 0.1) is 6.92 Å². The molecule has 5 heteroatoms. The lowest BCUT2D eigenvalue weighted by molar-refractivity contribution is 0.0739. The third kappa shape index (κ3) is 2.77. The monoisotopic (exact) mass is 336 g/mol. The molecule has 2 nitrogen and oxygen atoms in total. The minimum atomic E-state index is -0.452. The molecule has 0 fully saturated rings. The zero-order valence-corrected chi connectivity index (χ0v) is 13.4. The summed E-state index contributed by atoms with van der Waals surface area (Å²) in [5.41, 5.74) is 0.799. The zero-order valence-electron chi connectivity index (χ0n) is 11.0. The predicted molar refractivity (Wildman–Crippen MR) is 88.0 cm³/mol. The molecule has 0 radical (unpaired) electrons. The van der Waals surface area contributed by atoms with E-state index in [-0.39, 0.29) is 0 Å². The minimum Gasteiger partial charge on any atom is -0.422 e. The van der Waals surface area contributed by atoms with Crippen LogP contribution in [0.2, 0.25) is 10.0 Å². The number of esters is 1. The number of hydrogen-bond donors (Lipinski definition) is 0. The first-order valence-corrected chi connectivity index (χ1v) is 7.79. The van der Waals surface area contributed by atoms with Crippen LogP contribution in [0.3, 0.4) is 0 Å². The van der Waals surface area contributed by atoms with Crippen molar-refractivity contribution in [3.05, 3.63) is 63.0 Å². The Kier molecular flexibility index (Phi) is 3.89. The molecular formula is C16H10Cl2O2S. The summed E-state index contributed by atoms with van der Waals surface area (Å²) >= 11 is 13.5. The highest BCUT2D eigenvalue weighted by atomic mass is 35.5. The van der Waals surface area contributed by atoms with E-state index in [0.717, 1.165) is 15.6 Å². The zero-order chi connectivity index (χ0) is 15.0. The number of carbonyl (C=O) groups is 1. The summed E-state index contributed by atoms with van der Waals surface area (Å²) in [5.74, 6) is 0.0320. The van der Waals surface area contributed by atoms with Gasteiger partial charge in [0.2, 0.25) is 0 Å². The van der Waals surface area contributed by atoms with Gasteiger partial charge in [-0.25, -0.2) is 4.79 Å². The number of thiophene rings is 1. The second-order valence-corrected chi connectivity index (χ2v) is 6.41. The van der Waals surface area contributed by atoms with Gasteiger partial charge in [-0.05, 0) is 36.8 Å². The Morgan fingerprint density at radius 3 is 2.62 bits per heavy atom. The molecule has 0 saturated heterocycles. The number of rotatable bonds is 2. The number of halogens is 2. The molecule has 3 aromatic rings. The van der Waals surface area contributed by atoms with E-state index in [4.69, 9.17) is 27.9 Å². The quantitative estimate of drug-likeness (QED) is 0.440. The van der Waals surface area contributed by atoms with E-state index in [0.29, 0.717) is 20.7 Å². The maximum atomic E-state index is 12.3. The van der Waals surface area contributed by atoms with Gasteiger partial charge in [-0.1, -0.05) is 41.4 Å². The molecule has 0 aliphatic heterocycles. The number of carbonyl (C=O) groups excluding carboxylic acids is 1. The Bertz CT molecular complexity index is 839. The molecule has 0 N–H and O–H groups in total. The Balaban J connectivity index is 1.95. The Morgan fingerprint density at radius 2 is 1.90 bits per heavy atom. The Morgan fingerprint density at radius 1 is 1.14 bits per heavy atom. The van der Waals surface area contributed by atoms with Crippen molar-refractivity contribution >= 4 is 50.6 Å². The van der Waals surface area contributed by atoms with Crippen molar-refractivity contribution in [3.8, 4) is 5.75 Å². The summed E-state index contributed by atoms with van der Waals surface area (Å²) < 4.78 is 6.39. The summed E-state index contributed by atoms with van der Waals surface area (Å²) in [6.45, 7) is 1.83. The third-order valence-corrected chi connectivity index (χ3v) is 4.95. The van der Waals surface area contributed by atoms with Crippen molar-refractivity contribution in [2.45, 2.75) is 6.92 Å². The number of hydrogen-bond acceptors (Lipinski definition) is 3. The maximum Gasteiger partial charge on any atom is 0.355 e. The van der Waals surface area contributed by atoms with Gasteiger partial charge in [-0.15, -0.1) is 11.3 Å². The summed E-state index contributed by atoms with van der Waals surface area (Å²) in [5, 5.41) is 1.91. The fourth-order valence-corrected chi connectivity index (χ4v) is 3.63. The number of ether oxygens (including phenoxy) is 1. The SMILES string of the molecule is Cc1cc(Cl)ccc1OC(=O)c1sc2ccccc2c1Cl. The van der Waals surface area contributed by atoms with Crippen LogP contribution < -0.4 is 4.74 Å². The number of aryl methyl sites for hydroxylation is 1. The molecule has 0 saturated carbocycles. The normalized spacial score (nSPS) is 10.8. The average molecular weight is 337 g/mol. The van der Waals surface area contributed by atoms with Gasteiger partial charge in [-0.2, -0.15) is 0 Å². The molecule has 3 rings (SSSR count). The summed E-state index contributed by atoms with van der Waals surface area (Å²) in [6.07, 6.45) is 0. The van der Waals surface area contributed by atoms with Gasteiger partial charge >= 0.3 is 5.97 Å². The first-order chi connectivity index (χ1) is 10.1. The topological polar surface area (TPSA) is 26.3 Å². The van der Waals surface area contributed by atoms with E-state index in [9.17, 15) is 4.79 Å². The summed E-state index contributed by atoms with van der Waals surface area (Å²) in [4.78, 5) is 12.7. The average Bonchev–Trinajstić information content (AvgIpc) is 2.80. The van der Waals surface area contributed by atoms with Gasteiger partial charge in [0.25, 0.3) is 0 Å². The highest BCUT2D eigenvalue weighted by Crippen LogP contribution is 2.36. The number of benzene rings is 2. The van der Waals surface area contributed by atoms with Gasteiger partial charge < -0.3 is 4.74 Å². The van der Waals surface area contributed by atoms with Crippen LogP contribution in [-0.4, -0.2) is 5.97 Å². The standard InChI is InChI=1S/C16H10Cl2O2S/c1-9-8-10(17)6-7-12(9)20-16(19)15-14(18)11-4-2-3-5-13(11)21-15/h2-8H,1H3. The molecule has 0 spiro atoms. The van der Waals surface area contributed by atoms with Gasteiger partial charge in [0.1, 0.15) is 10.6 Å². The smallest absolute Gasteiger partial charge is 0.355 e. The molecule has 21 heavy (non-hydrogen) atoms. The molecule has 106 valence electrons. The van der Waals surface area contributed by atoms with E-state index < -0.39 is 5.97 Å². The van der Waals surface area contributed by atoms with Crippen molar-refractivity contribution in [2.24, 2.45) is 0 Å². The predicted octanol–water partition coefficient (Wildman–Crippen LogP) is 5.74. The fraction of sp³-hybridized carbons (Fsp3) is 0.0625. The van der Waals surface area contributed by atoms with Gasteiger partial charge in [-0.3, -0.25) is 0 Å². The van der Waals surface area contributed by atoms with Crippen LogP contribution in [-0.2, 0) is 0 Å². The van der Waals surface area contributed by atoms with Crippen molar-refractivity contribution in [3.63, 3.8) is 0 Å². The molecule has 0 aliphatic carbocycles. The van der Waals surface area contributed by atoms with Crippen LogP contribution in [0.5, 0.6) is 5.75 Å². The minimum absolute atomic E-state index is 0.409. The fourth-order valence-electron chi connectivity index (χ4n) is 2.02. The number of fused-ring (bicyclic) bond motifs is 1. The lowest BCUT2D eigenvalue weighted by atomic mass is 10.2. The van der Waals surface area contributed by atoms with Crippen LogP contribution in [0.25, 0.3) is 10.1 Å². The molecule has 0 bridgehead atoms. The van der Waals surface area contributed by atoms with E-state index in [1.807, 2.05) is 31.2 Å². The molecule has 0 amide bonds. The van der Waals surface area contributed by atoms with Crippen LogP contribution >= 0.6 is 34.5 Å².